The summed E-state index contributed by atoms with van der Waals surface area (Å²) >= 11 is 0. The summed E-state index contributed by atoms with van der Waals surface area (Å²) in [5, 5.41) is 0. The maximum atomic E-state index is 12.5. The van der Waals surface area contributed by atoms with E-state index in [0.717, 1.165) is 30.6 Å². The van der Waals surface area contributed by atoms with E-state index in [1.165, 1.54) is 18.1 Å². The monoisotopic (exact) mass is 376 g/mol. The van der Waals surface area contributed by atoms with Crippen molar-refractivity contribution in [1.29, 1.82) is 0 Å². The number of amides is 3. The van der Waals surface area contributed by atoms with Gasteiger partial charge in [-0.25, -0.2) is 4.79 Å². The number of likely N-dealkylation sites (N-methyl/N-ethyl adjacent to an activating group) is 1. The molecule has 0 aromatic carbocycles. The van der Waals surface area contributed by atoms with Gasteiger partial charge >= 0.3 is 5.97 Å². The molecule has 27 heavy (non-hydrogen) atoms. The highest BCUT2D eigenvalue weighted by Crippen LogP contribution is 2.37. The average Bonchev–Trinajstić information content (AvgIpc) is 3.14. The normalized spacial score (nSPS) is 22.0. The minimum atomic E-state index is -0.507. The standard InChI is InChI=1S/C19H24N2O6/c1-11-15(19(25)26-3)8-12(27-11)9-20(2)16(22)10-21-17(23)13-6-4-5-7-14(13)18(21)24/h8,13-14H,4-7,9-10H2,1-3H3. The fourth-order valence-electron chi connectivity index (χ4n) is 3.90. The molecule has 146 valence electrons. The molecule has 2 atom stereocenters. The van der Waals surface area contributed by atoms with Gasteiger partial charge in [0, 0.05) is 7.05 Å². The maximum Gasteiger partial charge on any atom is 0.341 e. The lowest BCUT2D eigenvalue weighted by Crippen LogP contribution is -2.41. The van der Waals surface area contributed by atoms with Gasteiger partial charge in [0.1, 0.15) is 23.6 Å². The molecule has 2 aliphatic rings. The second-order valence-electron chi connectivity index (χ2n) is 7.18. The number of likely N-dealkylation sites (tertiary alicyclic amines) is 1. The summed E-state index contributed by atoms with van der Waals surface area (Å²) in [4.78, 5) is 51.6. The van der Waals surface area contributed by atoms with E-state index in [0.29, 0.717) is 17.1 Å². The van der Waals surface area contributed by atoms with Crippen LogP contribution in [0.5, 0.6) is 0 Å². The summed E-state index contributed by atoms with van der Waals surface area (Å²) in [7, 11) is 2.85. The number of carbonyl (C=O) groups is 4. The molecular weight excluding hydrogens is 352 g/mol. The van der Waals surface area contributed by atoms with E-state index >= 15 is 0 Å². The van der Waals surface area contributed by atoms with Gasteiger partial charge in [-0.3, -0.25) is 19.3 Å². The minimum absolute atomic E-state index is 0.125. The summed E-state index contributed by atoms with van der Waals surface area (Å²) < 4.78 is 10.2. The lowest BCUT2D eigenvalue weighted by molar-refractivity contribution is -0.146. The predicted octanol–water partition coefficient (Wildman–Crippen LogP) is 1.51. The summed E-state index contributed by atoms with van der Waals surface area (Å²) in [6.07, 6.45) is 3.33. The number of esters is 1. The highest BCUT2D eigenvalue weighted by atomic mass is 16.5. The van der Waals surface area contributed by atoms with Gasteiger partial charge in [0.2, 0.25) is 17.7 Å². The Morgan fingerprint density at radius 2 is 1.81 bits per heavy atom. The Bertz CT molecular complexity index is 759. The average molecular weight is 376 g/mol. The van der Waals surface area contributed by atoms with Gasteiger partial charge in [0.15, 0.2) is 0 Å². The quantitative estimate of drug-likeness (QED) is 0.571. The zero-order chi connectivity index (χ0) is 19.7. The number of hydrogen-bond acceptors (Lipinski definition) is 6. The number of methoxy groups -OCH3 is 1. The van der Waals surface area contributed by atoms with Gasteiger partial charge in [-0.2, -0.15) is 0 Å². The van der Waals surface area contributed by atoms with Gasteiger partial charge in [-0.15, -0.1) is 0 Å². The molecule has 2 unspecified atom stereocenters. The molecule has 8 nitrogen and oxygen atoms in total. The van der Waals surface area contributed by atoms with Crippen LogP contribution < -0.4 is 0 Å². The number of furan rings is 1. The van der Waals surface area contributed by atoms with Crippen LogP contribution in [0.2, 0.25) is 0 Å². The van der Waals surface area contributed by atoms with E-state index < -0.39 is 5.97 Å². The molecular formula is C19H24N2O6. The third kappa shape index (κ3) is 3.61. The number of ether oxygens (including phenoxy) is 1. The van der Waals surface area contributed by atoms with Crippen LogP contribution in [0.1, 0.15) is 47.6 Å². The fraction of sp³-hybridized carbons (Fsp3) is 0.579. The number of hydrogen-bond donors (Lipinski definition) is 0. The number of aryl methyl sites for hydroxylation is 1. The first kappa shape index (κ1) is 19.1. The summed E-state index contributed by atoms with van der Waals surface area (Å²) in [6.45, 7) is 1.51. The van der Waals surface area contributed by atoms with Crippen LogP contribution in [0.15, 0.2) is 10.5 Å². The summed E-state index contributed by atoms with van der Waals surface area (Å²) in [5.41, 5.74) is 0.308. The van der Waals surface area contributed by atoms with Crippen molar-refractivity contribution in [2.75, 3.05) is 20.7 Å². The number of rotatable bonds is 5. The van der Waals surface area contributed by atoms with Crippen molar-refractivity contribution < 1.29 is 28.3 Å². The Morgan fingerprint density at radius 3 is 2.37 bits per heavy atom. The molecule has 0 N–H and O–H groups in total. The van der Waals surface area contributed by atoms with Crippen molar-refractivity contribution in [1.82, 2.24) is 9.80 Å². The molecule has 1 saturated carbocycles. The lowest BCUT2D eigenvalue weighted by Gasteiger charge is -2.20. The Balaban J connectivity index is 1.63. The maximum absolute atomic E-state index is 12.5. The molecule has 3 amide bonds. The van der Waals surface area contributed by atoms with E-state index in [4.69, 9.17) is 4.42 Å². The van der Waals surface area contributed by atoms with Gasteiger partial charge < -0.3 is 14.1 Å². The van der Waals surface area contributed by atoms with E-state index in [2.05, 4.69) is 4.74 Å². The van der Waals surface area contributed by atoms with Crippen molar-refractivity contribution in [3.63, 3.8) is 0 Å². The summed E-state index contributed by atoms with van der Waals surface area (Å²) in [5.74, 6) is -1.01. The molecule has 1 saturated heterocycles. The van der Waals surface area contributed by atoms with Crippen molar-refractivity contribution in [2.24, 2.45) is 11.8 Å². The fourth-order valence-corrected chi connectivity index (χ4v) is 3.90. The third-order valence-electron chi connectivity index (χ3n) is 5.42. The lowest BCUT2D eigenvalue weighted by atomic mass is 9.81. The highest BCUT2D eigenvalue weighted by Gasteiger charge is 2.48. The van der Waals surface area contributed by atoms with Crippen LogP contribution >= 0.6 is 0 Å². The molecule has 1 aromatic rings. The topological polar surface area (TPSA) is 97.1 Å². The predicted molar refractivity (Wildman–Crippen MR) is 93.4 cm³/mol. The van der Waals surface area contributed by atoms with Crippen molar-refractivity contribution in [2.45, 2.75) is 39.2 Å². The Kier molecular flexibility index (Phi) is 5.34. The smallest absolute Gasteiger partial charge is 0.341 e. The summed E-state index contributed by atoms with van der Waals surface area (Å²) in [6, 6.07) is 1.53. The molecule has 2 heterocycles. The number of nitrogens with zero attached hydrogens (tertiary/aromatic N) is 2. The van der Waals surface area contributed by atoms with Crippen LogP contribution in [0, 0.1) is 18.8 Å². The molecule has 1 aliphatic carbocycles. The van der Waals surface area contributed by atoms with Crippen LogP contribution in [0.4, 0.5) is 0 Å². The molecule has 2 fully saturated rings. The Labute approximate surface area is 157 Å². The van der Waals surface area contributed by atoms with Gasteiger partial charge in [-0.1, -0.05) is 12.8 Å². The number of imide groups is 1. The first-order valence-corrected chi connectivity index (χ1v) is 9.10. The van der Waals surface area contributed by atoms with Gasteiger partial charge in [-0.05, 0) is 25.8 Å². The van der Waals surface area contributed by atoms with Crippen LogP contribution in [0.3, 0.4) is 0 Å². The van der Waals surface area contributed by atoms with Crippen LogP contribution in [-0.2, 0) is 25.7 Å². The van der Waals surface area contributed by atoms with Crippen molar-refractivity contribution >= 4 is 23.7 Å². The SMILES string of the molecule is COC(=O)c1cc(CN(C)C(=O)CN2C(=O)C3CCCCC3C2=O)oc1C. The van der Waals surface area contributed by atoms with Gasteiger partial charge in [0.05, 0.1) is 25.5 Å². The Hall–Kier alpha value is -2.64. The highest BCUT2D eigenvalue weighted by molar-refractivity contribution is 6.07. The third-order valence-corrected chi connectivity index (χ3v) is 5.42. The first-order valence-electron chi connectivity index (χ1n) is 9.10. The molecule has 1 aromatic heterocycles. The molecule has 1 aliphatic heterocycles. The van der Waals surface area contributed by atoms with Crippen molar-refractivity contribution in [3.8, 4) is 0 Å². The van der Waals surface area contributed by atoms with E-state index in [1.54, 1.807) is 14.0 Å². The van der Waals surface area contributed by atoms with E-state index in [9.17, 15) is 19.2 Å². The zero-order valence-electron chi connectivity index (χ0n) is 15.8. The molecule has 8 heteroatoms. The number of carbonyl (C=O) groups excluding carboxylic acids is 4. The molecule has 0 spiro atoms. The van der Waals surface area contributed by atoms with E-state index in [1.807, 2.05) is 0 Å². The van der Waals surface area contributed by atoms with Crippen molar-refractivity contribution in [3.05, 3.63) is 23.2 Å². The molecule has 0 radical (unpaired) electrons. The van der Waals surface area contributed by atoms with E-state index in [-0.39, 0.29) is 42.6 Å². The first-order chi connectivity index (χ1) is 12.8. The minimum Gasteiger partial charge on any atom is -0.465 e. The molecule has 3 rings (SSSR count). The molecule has 0 bridgehead atoms. The Morgan fingerprint density at radius 1 is 1.22 bits per heavy atom. The van der Waals surface area contributed by atoms with Crippen LogP contribution in [0.25, 0.3) is 0 Å². The second-order valence-corrected chi connectivity index (χ2v) is 7.18. The largest absolute Gasteiger partial charge is 0.465 e. The second kappa shape index (κ2) is 7.54. The number of fused-ring (bicyclic) bond motifs is 1. The van der Waals surface area contributed by atoms with Gasteiger partial charge in [0.25, 0.3) is 0 Å². The van der Waals surface area contributed by atoms with Crippen LogP contribution in [-0.4, -0.2) is 54.2 Å². The zero-order valence-corrected chi connectivity index (χ0v) is 15.8.